The van der Waals surface area contributed by atoms with Crippen molar-refractivity contribution in [1.29, 1.82) is 0 Å². The molecular weight excluding hydrogens is 260 g/mol. The Labute approximate surface area is 115 Å². The summed E-state index contributed by atoms with van der Waals surface area (Å²) in [5, 5.41) is 3.27. The van der Waals surface area contributed by atoms with Crippen molar-refractivity contribution in [3.63, 3.8) is 0 Å². The highest BCUT2D eigenvalue weighted by Gasteiger charge is 2.21. The van der Waals surface area contributed by atoms with Crippen molar-refractivity contribution in [2.45, 2.75) is 30.6 Å². The molecule has 0 aromatic heterocycles. The minimum Gasteiger partial charge on any atom is -0.384 e. The number of hydrogen-bond acceptors (Lipinski definition) is 3. The molecule has 1 saturated carbocycles. The second-order valence-electron chi connectivity index (χ2n) is 5.30. The van der Waals surface area contributed by atoms with E-state index in [1.807, 2.05) is 12.1 Å². The largest absolute Gasteiger partial charge is 0.384 e. The number of nitrogens with zero attached hydrogens (tertiary/aromatic N) is 1. The smallest absolute Gasteiger partial charge is 0.244 e. The molecule has 5 heteroatoms. The van der Waals surface area contributed by atoms with Crippen LogP contribution in [0.1, 0.15) is 25.7 Å². The maximum atomic E-state index is 12.2. The quantitative estimate of drug-likeness (QED) is 0.872. The van der Waals surface area contributed by atoms with Crippen LogP contribution in [-0.4, -0.2) is 33.4 Å². The van der Waals surface area contributed by atoms with Crippen molar-refractivity contribution >= 4 is 15.7 Å². The van der Waals surface area contributed by atoms with Gasteiger partial charge in [0.05, 0.1) is 5.69 Å². The lowest BCUT2D eigenvalue weighted by Crippen LogP contribution is -2.23. The minimum absolute atomic E-state index is 0.355. The summed E-state index contributed by atoms with van der Waals surface area (Å²) in [5.41, 5.74) is 0.704. The van der Waals surface area contributed by atoms with E-state index in [1.165, 1.54) is 23.6 Å². The SMILES string of the molecule is CN(C)S(=O)(=O)c1ccccc1NCCC1CCC1. The molecule has 1 aromatic rings. The first-order chi connectivity index (χ1) is 9.01. The molecule has 0 bridgehead atoms. The molecule has 0 spiro atoms. The van der Waals surface area contributed by atoms with Crippen molar-refractivity contribution in [2.75, 3.05) is 26.0 Å². The Hall–Kier alpha value is -1.07. The lowest BCUT2D eigenvalue weighted by atomic mass is 9.83. The van der Waals surface area contributed by atoms with Gasteiger partial charge in [0, 0.05) is 20.6 Å². The summed E-state index contributed by atoms with van der Waals surface area (Å²) in [5.74, 6) is 0.824. The molecule has 1 aliphatic rings. The van der Waals surface area contributed by atoms with Crippen LogP contribution in [0.15, 0.2) is 29.2 Å². The normalized spacial score (nSPS) is 16.4. The summed E-state index contributed by atoms with van der Waals surface area (Å²) in [6, 6.07) is 7.10. The topological polar surface area (TPSA) is 49.4 Å². The van der Waals surface area contributed by atoms with Gasteiger partial charge < -0.3 is 5.32 Å². The van der Waals surface area contributed by atoms with E-state index in [0.29, 0.717) is 10.6 Å². The van der Waals surface area contributed by atoms with Crippen LogP contribution >= 0.6 is 0 Å². The molecule has 1 fully saturated rings. The van der Waals surface area contributed by atoms with Gasteiger partial charge in [-0.15, -0.1) is 0 Å². The van der Waals surface area contributed by atoms with Crippen LogP contribution in [-0.2, 0) is 10.0 Å². The Balaban J connectivity index is 2.07. The predicted molar refractivity (Wildman–Crippen MR) is 77.8 cm³/mol. The number of para-hydroxylation sites is 1. The van der Waals surface area contributed by atoms with Gasteiger partial charge in [0.25, 0.3) is 0 Å². The molecule has 19 heavy (non-hydrogen) atoms. The average molecular weight is 282 g/mol. The molecule has 0 unspecified atom stereocenters. The molecule has 0 amide bonds. The van der Waals surface area contributed by atoms with E-state index in [1.54, 1.807) is 26.2 Å². The van der Waals surface area contributed by atoms with Crippen LogP contribution in [0.2, 0.25) is 0 Å². The Kier molecular flexibility index (Phi) is 4.47. The van der Waals surface area contributed by atoms with Gasteiger partial charge in [0.2, 0.25) is 10.0 Å². The van der Waals surface area contributed by atoms with Gasteiger partial charge in [0.15, 0.2) is 0 Å². The van der Waals surface area contributed by atoms with Gasteiger partial charge in [-0.25, -0.2) is 12.7 Å². The standard InChI is InChI=1S/C14H22N2O2S/c1-16(2)19(17,18)14-9-4-3-8-13(14)15-11-10-12-6-5-7-12/h3-4,8-9,12,15H,5-7,10-11H2,1-2H3. The fraction of sp³-hybridized carbons (Fsp3) is 0.571. The van der Waals surface area contributed by atoms with Gasteiger partial charge >= 0.3 is 0 Å². The Morgan fingerprint density at radius 2 is 1.95 bits per heavy atom. The van der Waals surface area contributed by atoms with Crippen LogP contribution in [0.25, 0.3) is 0 Å². The third-order valence-corrected chi connectivity index (χ3v) is 5.61. The molecule has 0 atom stereocenters. The van der Waals surface area contributed by atoms with Gasteiger partial charge in [0.1, 0.15) is 4.90 Å². The van der Waals surface area contributed by atoms with Crippen LogP contribution in [0.5, 0.6) is 0 Å². The summed E-state index contributed by atoms with van der Waals surface area (Å²) < 4.78 is 25.7. The van der Waals surface area contributed by atoms with E-state index in [4.69, 9.17) is 0 Å². The number of rotatable bonds is 6. The molecule has 0 aliphatic heterocycles. The van der Waals surface area contributed by atoms with Crippen molar-refractivity contribution in [3.8, 4) is 0 Å². The molecule has 106 valence electrons. The lowest BCUT2D eigenvalue weighted by Gasteiger charge is -2.25. The van der Waals surface area contributed by atoms with Crippen LogP contribution in [0.3, 0.4) is 0 Å². The number of nitrogens with one attached hydrogen (secondary N) is 1. The summed E-state index contributed by atoms with van der Waals surface area (Å²) in [6.07, 6.45) is 5.10. The molecule has 0 radical (unpaired) electrons. The van der Waals surface area contributed by atoms with Crippen molar-refractivity contribution in [3.05, 3.63) is 24.3 Å². The monoisotopic (exact) mass is 282 g/mol. The Morgan fingerprint density at radius 1 is 1.26 bits per heavy atom. The van der Waals surface area contributed by atoms with Gasteiger partial charge in [-0.05, 0) is 24.5 Å². The third kappa shape index (κ3) is 3.28. The molecule has 1 aliphatic carbocycles. The van der Waals surface area contributed by atoms with E-state index >= 15 is 0 Å². The number of sulfonamides is 1. The minimum atomic E-state index is -3.38. The van der Waals surface area contributed by atoms with Crippen LogP contribution < -0.4 is 5.32 Å². The van der Waals surface area contributed by atoms with E-state index < -0.39 is 10.0 Å². The molecular formula is C14H22N2O2S. The maximum Gasteiger partial charge on any atom is 0.244 e. The van der Waals surface area contributed by atoms with Gasteiger partial charge in [-0.3, -0.25) is 0 Å². The van der Waals surface area contributed by atoms with Crippen LogP contribution in [0.4, 0.5) is 5.69 Å². The summed E-state index contributed by atoms with van der Waals surface area (Å²) in [6.45, 7) is 0.838. The van der Waals surface area contributed by atoms with E-state index in [9.17, 15) is 8.42 Å². The zero-order chi connectivity index (χ0) is 13.9. The molecule has 1 N–H and O–H groups in total. The van der Waals surface area contributed by atoms with Crippen LogP contribution in [0, 0.1) is 5.92 Å². The molecule has 2 rings (SSSR count). The molecule has 1 aromatic carbocycles. The Bertz CT molecular complexity index is 522. The Morgan fingerprint density at radius 3 is 2.53 bits per heavy atom. The lowest BCUT2D eigenvalue weighted by molar-refractivity contribution is 0.303. The fourth-order valence-corrected chi connectivity index (χ4v) is 3.29. The average Bonchev–Trinajstić information content (AvgIpc) is 2.32. The fourth-order valence-electron chi connectivity index (χ4n) is 2.23. The predicted octanol–water partition coefficient (Wildman–Crippen LogP) is 2.54. The maximum absolute atomic E-state index is 12.2. The van der Waals surface area contributed by atoms with Crippen molar-refractivity contribution < 1.29 is 8.42 Å². The van der Waals surface area contributed by atoms with E-state index in [2.05, 4.69) is 5.32 Å². The van der Waals surface area contributed by atoms with Crippen molar-refractivity contribution in [1.82, 2.24) is 4.31 Å². The second kappa shape index (κ2) is 5.92. The number of anilines is 1. The molecule has 0 saturated heterocycles. The first-order valence-electron chi connectivity index (χ1n) is 6.77. The summed E-state index contributed by atoms with van der Waals surface area (Å²) in [7, 11) is -0.267. The van der Waals surface area contributed by atoms with Gasteiger partial charge in [-0.1, -0.05) is 31.4 Å². The highest BCUT2D eigenvalue weighted by molar-refractivity contribution is 7.89. The zero-order valence-electron chi connectivity index (χ0n) is 11.6. The first-order valence-corrected chi connectivity index (χ1v) is 8.21. The van der Waals surface area contributed by atoms with Gasteiger partial charge in [-0.2, -0.15) is 0 Å². The second-order valence-corrected chi connectivity index (χ2v) is 7.42. The summed E-state index contributed by atoms with van der Waals surface area (Å²) in [4.78, 5) is 0.355. The van der Waals surface area contributed by atoms with E-state index in [0.717, 1.165) is 18.9 Å². The molecule has 4 nitrogen and oxygen atoms in total. The zero-order valence-corrected chi connectivity index (χ0v) is 12.4. The summed E-state index contributed by atoms with van der Waals surface area (Å²) >= 11 is 0. The third-order valence-electron chi connectivity index (χ3n) is 3.74. The molecule has 0 heterocycles. The van der Waals surface area contributed by atoms with Crippen molar-refractivity contribution in [2.24, 2.45) is 5.92 Å². The van der Waals surface area contributed by atoms with E-state index in [-0.39, 0.29) is 0 Å². The first kappa shape index (κ1) is 14.3. The highest BCUT2D eigenvalue weighted by atomic mass is 32.2. The number of hydrogen-bond donors (Lipinski definition) is 1. The highest BCUT2D eigenvalue weighted by Crippen LogP contribution is 2.29. The number of benzene rings is 1.